The first-order valence-electron chi connectivity index (χ1n) is 8.70. The topological polar surface area (TPSA) is 58.2 Å². The Kier molecular flexibility index (Phi) is 5.64. The quantitative estimate of drug-likeness (QED) is 0.826. The van der Waals surface area contributed by atoms with Crippen molar-refractivity contribution in [1.29, 1.82) is 0 Å². The molecule has 5 nitrogen and oxygen atoms in total. The molecule has 1 aromatic heterocycles. The number of aromatic amines is 1. The van der Waals surface area contributed by atoms with Gasteiger partial charge in [0.1, 0.15) is 5.82 Å². The third kappa shape index (κ3) is 3.67. The highest BCUT2D eigenvalue weighted by molar-refractivity contribution is 6.00. The first-order valence-corrected chi connectivity index (χ1v) is 8.70. The summed E-state index contributed by atoms with van der Waals surface area (Å²) in [6.07, 6.45) is 8.85. The number of rotatable bonds is 6. The lowest BCUT2D eigenvalue weighted by atomic mass is 9.96. The van der Waals surface area contributed by atoms with E-state index in [4.69, 9.17) is 4.74 Å². The number of methoxy groups -OCH3 is 1. The van der Waals surface area contributed by atoms with E-state index in [0.29, 0.717) is 6.04 Å². The standard InChI is InChI=1S/C19H25N3O2/c1-24-14-6-8-15-7-4-5-13-22(15)19(23)17-10-3-2-9-16(17)18-20-11-12-21-18/h2-3,9-12,15H,4-8,13-14H2,1H3,(H,20,21). The van der Waals surface area contributed by atoms with Gasteiger partial charge in [-0.05, 0) is 38.2 Å². The van der Waals surface area contributed by atoms with Gasteiger partial charge >= 0.3 is 0 Å². The number of aromatic nitrogens is 2. The lowest BCUT2D eigenvalue weighted by Crippen LogP contribution is -2.44. The van der Waals surface area contributed by atoms with E-state index >= 15 is 0 Å². The minimum absolute atomic E-state index is 0.115. The summed E-state index contributed by atoms with van der Waals surface area (Å²) < 4.78 is 5.17. The monoisotopic (exact) mass is 327 g/mol. The lowest BCUT2D eigenvalue weighted by molar-refractivity contribution is 0.0586. The van der Waals surface area contributed by atoms with Crippen LogP contribution in [-0.4, -0.2) is 47.1 Å². The van der Waals surface area contributed by atoms with Gasteiger partial charge in [0.2, 0.25) is 0 Å². The molecule has 128 valence electrons. The number of likely N-dealkylation sites (tertiary alicyclic amines) is 1. The third-order valence-corrected chi connectivity index (χ3v) is 4.68. The molecule has 0 aliphatic carbocycles. The molecular formula is C19H25N3O2. The summed E-state index contributed by atoms with van der Waals surface area (Å²) in [4.78, 5) is 22.7. The number of piperidine rings is 1. The number of carbonyl (C=O) groups is 1. The Hall–Kier alpha value is -2.14. The molecule has 0 spiro atoms. The number of hydrogen-bond donors (Lipinski definition) is 1. The zero-order valence-corrected chi connectivity index (χ0v) is 14.2. The van der Waals surface area contributed by atoms with Gasteiger partial charge in [-0.25, -0.2) is 4.98 Å². The van der Waals surface area contributed by atoms with Crippen molar-refractivity contribution in [3.63, 3.8) is 0 Å². The summed E-state index contributed by atoms with van der Waals surface area (Å²) in [6, 6.07) is 8.03. The van der Waals surface area contributed by atoms with Crippen molar-refractivity contribution < 1.29 is 9.53 Å². The van der Waals surface area contributed by atoms with Gasteiger partial charge in [-0.1, -0.05) is 18.2 Å². The molecule has 3 rings (SSSR count). The van der Waals surface area contributed by atoms with Gasteiger partial charge in [0.25, 0.3) is 5.91 Å². The summed E-state index contributed by atoms with van der Waals surface area (Å²) >= 11 is 0. The van der Waals surface area contributed by atoms with Gasteiger partial charge in [-0.3, -0.25) is 4.79 Å². The molecule has 24 heavy (non-hydrogen) atoms. The fourth-order valence-corrected chi connectivity index (χ4v) is 3.47. The van der Waals surface area contributed by atoms with Gasteiger partial charge in [0, 0.05) is 44.3 Å². The Morgan fingerprint density at radius 1 is 1.38 bits per heavy atom. The van der Waals surface area contributed by atoms with Gasteiger partial charge in [-0.2, -0.15) is 0 Å². The van der Waals surface area contributed by atoms with Crippen molar-refractivity contribution in [2.75, 3.05) is 20.3 Å². The van der Waals surface area contributed by atoms with Crippen LogP contribution in [0.2, 0.25) is 0 Å². The van der Waals surface area contributed by atoms with Crippen LogP contribution in [0.25, 0.3) is 11.4 Å². The molecule has 0 saturated carbocycles. The molecule has 0 radical (unpaired) electrons. The molecule has 2 aromatic rings. The second kappa shape index (κ2) is 8.11. The first kappa shape index (κ1) is 16.7. The molecule has 0 bridgehead atoms. The number of H-pyrrole nitrogens is 1. The summed E-state index contributed by atoms with van der Waals surface area (Å²) in [5.41, 5.74) is 1.60. The lowest BCUT2D eigenvalue weighted by Gasteiger charge is -2.36. The Morgan fingerprint density at radius 3 is 3.04 bits per heavy atom. The van der Waals surface area contributed by atoms with Gasteiger partial charge in [0.15, 0.2) is 0 Å². The number of benzene rings is 1. The van der Waals surface area contributed by atoms with Gasteiger partial charge < -0.3 is 14.6 Å². The maximum Gasteiger partial charge on any atom is 0.254 e. The van der Waals surface area contributed by atoms with Crippen molar-refractivity contribution >= 4 is 5.91 Å². The second-order valence-electron chi connectivity index (χ2n) is 6.27. The molecule has 2 heterocycles. The average Bonchev–Trinajstić information content (AvgIpc) is 3.16. The van der Waals surface area contributed by atoms with E-state index < -0.39 is 0 Å². The Balaban J connectivity index is 1.82. The third-order valence-electron chi connectivity index (χ3n) is 4.68. The normalized spacial score (nSPS) is 17.9. The average molecular weight is 327 g/mol. The molecule has 1 saturated heterocycles. The molecule has 1 N–H and O–H groups in total. The van der Waals surface area contributed by atoms with E-state index in [1.54, 1.807) is 19.5 Å². The summed E-state index contributed by atoms with van der Waals surface area (Å²) in [5.74, 6) is 0.857. The zero-order valence-electron chi connectivity index (χ0n) is 14.2. The highest BCUT2D eigenvalue weighted by Crippen LogP contribution is 2.27. The van der Waals surface area contributed by atoms with Crippen molar-refractivity contribution in [3.8, 4) is 11.4 Å². The van der Waals surface area contributed by atoms with Crippen LogP contribution in [0.15, 0.2) is 36.7 Å². The molecule has 1 aromatic carbocycles. The van der Waals surface area contributed by atoms with Crippen LogP contribution in [-0.2, 0) is 4.74 Å². The zero-order chi connectivity index (χ0) is 16.8. The molecule has 1 fully saturated rings. The second-order valence-corrected chi connectivity index (χ2v) is 6.27. The molecule has 1 aliphatic heterocycles. The van der Waals surface area contributed by atoms with Crippen LogP contribution < -0.4 is 0 Å². The first-order chi connectivity index (χ1) is 11.8. The maximum atomic E-state index is 13.2. The maximum absolute atomic E-state index is 13.2. The van der Waals surface area contributed by atoms with E-state index in [0.717, 1.165) is 55.8 Å². The highest BCUT2D eigenvalue weighted by Gasteiger charge is 2.28. The van der Waals surface area contributed by atoms with Crippen LogP contribution in [0.5, 0.6) is 0 Å². The van der Waals surface area contributed by atoms with Gasteiger partial charge in [0.05, 0.1) is 5.56 Å². The number of imidazole rings is 1. The summed E-state index contributed by atoms with van der Waals surface area (Å²) in [7, 11) is 1.73. The minimum Gasteiger partial charge on any atom is -0.385 e. The number of carbonyl (C=O) groups excluding carboxylic acids is 1. The number of hydrogen-bond acceptors (Lipinski definition) is 3. The van der Waals surface area contributed by atoms with Crippen molar-refractivity contribution in [3.05, 3.63) is 42.2 Å². The number of nitrogens with zero attached hydrogens (tertiary/aromatic N) is 2. The summed E-state index contributed by atoms with van der Waals surface area (Å²) in [6.45, 7) is 1.59. The minimum atomic E-state index is 0.115. The molecule has 1 unspecified atom stereocenters. The van der Waals surface area contributed by atoms with E-state index in [1.807, 2.05) is 24.3 Å². The Bertz CT molecular complexity index is 654. The van der Waals surface area contributed by atoms with E-state index in [9.17, 15) is 4.79 Å². The predicted molar refractivity (Wildman–Crippen MR) is 93.8 cm³/mol. The molecular weight excluding hydrogens is 302 g/mol. The molecule has 1 aliphatic rings. The van der Waals surface area contributed by atoms with Crippen molar-refractivity contribution in [2.45, 2.75) is 38.1 Å². The van der Waals surface area contributed by atoms with Gasteiger partial charge in [-0.15, -0.1) is 0 Å². The van der Waals surface area contributed by atoms with Crippen LogP contribution in [0.3, 0.4) is 0 Å². The van der Waals surface area contributed by atoms with Crippen LogP contribution >= 0.6 is 0 Å². The number of nitrogens with one attached hydrogen (secondary N) is 1. The van der Waals surface area contributed by atoms with Crippen molar-refractivity contribution in [2.24, 2.45) is 0 Å². The SMILES string of the molecule is COCCCC1CCCCN1C(=O)c1ccccc1-c1ncc[nH]1. The largest absolute Gasteiger partial charge is 0.385 e. The summed E-state index contributed by atoms with van der Waals surface area (Å²) in [5, 5.41) is 0. The Labute approximate surface area is 143 Å². The van der Waals surface area contributed by atoms with E-state index in [2.05, 4.69) is 14.9 Å². The Morgan fingerprint density at radius 2 is 2.25 bits per heavy atom. The fraction of sp³-hybridized carbons (Fsp3) is 0.474. The van der Waals surface area contributed by atoms with Crippen LogP contribution in [0, 0.1) is 0 Å². The molecule has 1 atom stereocenters. The fourth-order valence-electron chi connectivity index (χ4n) is 3.47. The highest BCUT2D eigenvalue weighted by atomic mass is 16.5. The molecule has 5 heteroatoms. The van der Waals surface area contributed by atoms with Crippen LogP contribution in [0.1, 0.15) is 42.5 Å². The number of amides is 1. The smallest absolute Gasteiger partial charge is 0.254 e. The van der Waals surface area contributed by atoms with Crippen LogP contribution in [0.4, 0.5) is 0 Å². The van der Waals surface area contributed by atoms with E-state index in [-0.39, 0.29) is 5.91 Å². The predicted octanol–water partition coefficient (Wildman–Crippen LogP) is 3.50. The van der Waals surface area contributed by atoms with Crippen molar-refractivity contribution in [1.82, 2.24) is 14.9 Å². The van der Waals surface area contributed by atoms with E-state index in [1.165, 1.54) is 6.42 Å². The molecule has 1 amide bonds. The number of ether oxygens (including phenoxy) is 1.